The van der Waals surface area contributed by atoms with Gasteiger partial charge in [-0.25, -0.2) is 0 Å². The second kappa shape index (κ2) is 9.95. The number of nitriles is 1. The van der Waals surface area contributed by atoms with Crippen LogP contribution in [0.5, 0.6) is 5.75 Å². The van der Waals surface area contributed by atoms with Crippen molar-refractivity contribution in [2.75, 3.05) is 12.3 Å². The number of anilines is 1. The number of nitrogens with zero attached hydrogens (tertiary/aromatic N) is 1. The van der Waals surface area contributed by atoms with Gasteiger partial charge in [0.15, 0.2) is 0 Å². The minimum Gasteiger partial charge on any atom is -0.494 e. The maximum Gasteiger partial charge on any atom is 0.263 e. The molecule has 2 aromatic rings. The van der Waals surface area contributed by atoms with E-state index in [2.05, 4.69) is 10.6 Å². The van der Waals surface area contributed by atoms with Crippen LogP contribution in [-0.4, -0.2) is 18.4 Å². The van der Waals surface area contributed by atoms with E-state index in [1.807, 2.05) is 32.0 Å². The van der Waals surface area contributed by atoms with Crippen LogP contribution in [0.25, 0.3) is 0 Å². The molecule has 0 aliphatic rings. The van der Waals surface area contributed by atoms with Crippen molar-refractivity contribution in [3.05, 3.63) is 70.9 Å². The molecule has 0 radical (unpaired) electrons. The third-order valence-corrected chi connectivity index (χ3v) is 4.20. The predicted octanol–water partition coefficient (Wildman–Crippen LogP) is 2.99. The number of nitrogens with two attached hydrogens (primary N) is 1. The first-order valence-electron chi connectivity index (χ1n) is 9.17. The Morgan fingerprint density at radius 2 is 2.00 bits per heavy atom. The van der Waals surface area contributed by atoms with Gasteiger partial charge in [0, 0.05) is 17.5 Å². The van der Waals surface area contributed by atoms with Gasteiger partial charge < -0.3 is 21.1 Å². The SMILES string of the molecule is CCOc1ccc(C)cc1C(C)NC(=O)/C(C#N)=C\NC(=O)c1ccccc1N. The Bertz CT molecular complexity index is 976. The molecule has 0 saturated carbocycles. The molecule has 0 aliphatic heterocycles. The summed E-state index contributed by atoms with van der Waals surface area (Å²) in [6.07, 6.45) is 1.08. The molecule has 2 aromatic carbocycles. The van der Waals surface area contributed by atoms with E-state index in [9.17, 15) is 14.9 Å². The first-order valence-corrected chi connectivity index (χ1v) is 9.17. The van der Waals surface area contributed by atoms with E-state index in [1.54, 1.807) is 37.3 Å². The molecule has 1 atom stereocenters. The van der Waals surface area contributed by atoms with Crippen molar-refractivity contribution in [3.8, 4) is 11.8 Å². The number of para-hydroxylation sites is 1. The van der Waals surface area contributed by atoms with Gasteiger partial charge in [-0.15, -0.1) is 0 Å². The Hall–Kier alpha value is -3.79. The molecular formula is C22H24N4O3. The lowest BCUT2D eigenvalue weighted by Gasteiger charge is -2.18. The summed E-state index contributed by atoms with van der Waals surface area (Å²) in [7, 11) is 0. The second-order valence-corrected chi connectivity index (χ2v) is 6.40. The lowest BCUT2D eigenvalue weighted by atomic mass is 10.0. The van der Waals surface area contributed by atoms with Crippen LogP contribution in [0.15, 0.2) is 54.2 Å². The normalized spacial score (nSPS) is 11.9. The molecule has 1 unspecified atom stereocenters. The van der Waals surface area contributed by atoms with Crippen LogP contribution in [0.3, 0.4) is 0 Å². The highest BCUT2D eigenvalue weighted by Gasteiger charge is 2.18. The number of carbonyl (C=O) groups excluding carboxylic acids is 2. The van der Waals surface area contributed by atoms with E-state index in [4.69, 9.17) is 10.5 Å². The Balaban J connectivity index is 2.13. The Morgan fingerprint density at radius 1 is 1.28 bits per heavy atom. The molecule has 7 nitrogen and oxygen atoms in total. The van der Waals surface area contributed by atoms with E-state index in [1.165, 1.54) is 0 Å². The lowest BCUT2D eigenvalue weighted by Crippen LogP contribution is -2.29. The van der Waals surface area contributed by atoms with Crippen LogP contribution in [0.4, 0.5) is 5.69 Å². The first-order chi connectivity index (χ1) is 13.9. The van der Waals surface area contributed by atoms with Crippen molar-refractivity contribution in [2.45, 2.75) is 26.8 Å². The number of rotatable bonds is 7. The third kappa shape index (κ3) is 5.59. The summed E-state index contributed by atoms with van der Waals surface area (Å²) in [5, 5.41) is 14.5. The molecule has 0 bridgehead atoms. The zero-order chi connectivity index (χ0) is 21.4. The fourth-order valence-electron chi connectivity index (χ4n) is 2.71. The van der Waals surface area contributed by atoms with Crippen molar-refractivity contribution in [3.63, 3.8) is 0 Å². The largest absolute Gasteiger partial charge is 0.494 e. The van der Waals surface area contributed by atoms with E-state index in [0.29, 0.717) is 18.0 Å². The van der Waals surface area contributed by atoms with Crippen molar-refractivity contribution in [1.29, 1.82) is 5.26 Å². The average Bonchev–Trinajstić information content (AvgIpc) is 2.70. The highest BCUT2D eigenvalue weighted by atomic mass is 16.5. The average molecular weight is 392 g/mol. The van der Waals surface area contributed by atoms with Crippen LogP contribution in [0.2, 0.25) is 0 Å². The maximum atomic E-state index is 12.5. The van der Waals surface area contributed by atoms with Crippen LogP contribution in [-0.2, 0) is 4.79 Å². The highest BCUT2D eigenvalue weighted by Crippen LogP contribution is 2.26. The van der Waals surface area contributed by atoms with Crippen molar-refractivity contribution in [2.24, 2.45) is 0 Å². The molecule has 29 heavy (non-hydrogen) atoms. The Morgan fingerprint density at radius 3 is 2.66 bits per heavy atom. The van der Waals surface area contributed by atoms with Crippen molar-refractivity contribution >= 4 is 17.5 Å². The first kappa shape index (κ1) is 21.5. The number of carbonyl (C=O) groups is 2. The van der Waals surface area contributed by atoms with Gasteiger partial charge in [-0.1, -0.05) is 29.8 Å². The van der Waals surface area contributed by atoms with Gasteiger partial charge in [0.1, 0.15) is 17.4 Å². The summed E-state index contributed by atoms with van der Waals surface area (Å²) in [5.41, 5.74) is 7.92. The summed E-state index contributed by atoms with van der Waals surface area (Å²) in [4.78, 5) is 24.7. The van der Waals surface area contributed by atoms with Gasteiger partial charge in [-0.2, -0.15) is 5.26 Å². The van der Waals surface area contributed by atoms with Gasteiger partial charge in [0.2, 0.25) is 0 Å². The molecule has 0 aromatic heterocycles. The summed E-state index contributed by atoms with van der Waals surface area (Å²) < 4.78 is 5.62. The van der Waals surface area contributed by atoms with Crippen LogP contribution in [0.1, 0.15) is 41.4 Å². The molecule has 0 spiro atoms. The number of benzene rings is 2. The molecule has 4 N–H and O–H groups in total. The Kier molecular flexibility index (Phi) is 7.38. The van der Waals surface area contributed by atoms with E-state index >= 15 is 0 Å². The van der Waals surface area contributed by atoms with E-state index in [-0.39, 0.29) is 11.1 Å². The molecule has 0 saturated heterocycles. The fourth-order valence-corrected chi connectivity index (χ4v) is 2.71. The monoisotopic (exact) mass is 392 g/mol. The zero-order valence-electron chi connectivity index (χ0n) is 16.7. The standard InChI is InChI=1S/C22H24N4O3/c1-4-29-20-10-9-14(2)11-18(20)15(3)26-21(27)16(12-23)13-25-22(28)17-7-5-6-8-19(17)24/h5-11,13,15H,4,24H2,1-3H3,(H,25,28)(H,26,27)/b16-13-. The topological polar surface area (TPSA) is 117 Å². The summed E-state index contributed by atoms with van der Waals surface area (Å²) >= 11 is 0. The zero-order valence-corrected chi connectivity index (χ0v) is 16.7. The number of amides is 2. The number of nitrogens with one attached hydrogen (secondary N) is 2. The minimum absolute atomic E-state index is 0.231. The fraction of sp³-hybridized carbons (Fsp3) is 0.227. The van der Waals surface area contributed by atoms with Gasteiger partial charge in [0.25, 0.3) is 11.8 Å². The van der Waals surface area contributed by atoms with E-state index in [0.717, 1.165) is 17.3 Å². The minimum atomic E-state index is -0.606. The predicted molar refractivity (Wildman–Crippen MR) is 111 cm³/mol. The highest BCUT2D eigenvalue weighted by molar-refractivity contribution is 6.01. The van der Waals surface area contributed by atoms with Crippen LogP contribution < -0.4 is 21.1 Å². The third-order valence-electron chi connectivity index (χ3n) is 4.20. The van der Waals surface area contributed by atoms with E-state index < -0.39 is 17.9 Å². The smallest absolute Gasteiger partial charge is 0.263 e. The van der Waals surface area contributed by atoms with Gasteiger partial charge >= 0.3 is 0 Å². The Labute approximate surface area is 170 Å². The molecule has 0 aliphatic carbocycles. The van der Waals surface area contributed by atoms with Crippen molar-refractivity contribution < 1.29 is 14.3 Å². The number of nitrogen functional groups attached to an aromatic ring is 1. The number of aryl methyl sites for hydroxylation is 1. The molecule has 2 rings (SSSR count). The molecule has 0 fully saturated rings. The van der Waals surface area contributed by atoms with Gasteiger partial charge in [-0.3, -0.25) is 9.59 Å². The number of ether oxygens (including phenoxy) is 1. The molecule has 0 heterocycles. The molecule has 2 amide bonds. The van der Waals surface area contributed by atoms with Gasteiger partial charge in [-0.05, 0) is 39.0 Å². The number of hydrogen-bond donors (Lipinski definition) is 3. The lowest BCUT2D eigenvalue weighted by molar-refractivity contribution is -0.117. The van der Waals surface area contributed by atoms with Crippen molar-refractivity contribution in [1.82, 2.24) is 10.6 Å². The second-order valence-electron chi connectivity index (χ2n) is 6.40. The van der Waals surface area contributed by atoms with Gasteiger partial charge in [0.05, 0.1) is 18.2 Å². The molecule has 7 heteroatoms. The number of hydrogen-bond acceptors (Lipinski definition) is 5. The quantitative estimate of drug-likeness (QED) is 0.380. The summed E-state index contributed by atoms with van der Waals surface area (Å²) in [6, 6.07) is 13.6. The van der Waals surface area contributed by atoms with Crippen LogP contribution >= 0.6 is 0 Å². The summed E-state index contributed by atoms with van der Waals surface area (Å²) in [5.74, 6) is -0.444. The van der Waals surface area contributed by atoms with Crippen LogP contribution in [0, 0.1) is 18.3 Å². The molecule has 150 valence electrons. The maximum absolute atomic E-state index is 12.5. The molecular weight excluding hydrogens is 368 g/mol. The summed E-state index contributed by atoms with van der Waals surface area (Å²) in [6.45, 7) is 6.12.